The Bertz CT molecular complexity index is 1060. The molecule has 0 amide bonds. The average Bonchev–Trinajstić information content (AvgIpc) is 3.01. The summed E-state index contributed by atoms with van der Waals surface area (Å²) in [6.45, 7) is 0. The summed E-state index contributed by atoms with van der Waals surface area (Å²) in [4.78, 5) is 8.78. The SMILES string of the molecule is COc1cc(-c2c(-c3ccc(F)cc3)nc3ccc(Cl)nn23)ccn1. The van der Waals surface area contributed by atoms with Crippen LogP contribution in [0.2, 0.25) is 5.15 Å². The van der Waals surface area contributed by atoms with E-state index in [0.717, 1.165) is 16.8 Å². The van der Waals surface area contributed by atoms with Crippen molar-refractivity contribution in [2.75, 3.05) is 7.11 Å². The Kier molecular flexibility index (Phi) is 3.82. The number of imidazole rings is 1. The molecule has 1 aromatic carbocycles. The van der Waals surface area contributed by atoms with Gasteiger partial charge in [0.05, 0.1) is 12.8 Å². The Morgan fingerprint density at radius 3 is 2.60 bits per heavy atom. The van der Waals surface area contributed by atoms with E-state index in [-0.39, 0.29) is 5.82 Å². The van der Waals surface area contributed by atoms with Gasteiger partial charge in [-0.2, -0.15) is 5.10 Å². The molecule has 0 aliphatic rings. The molecular formula is C18H12ClFN4O. The third-order valence-electron chi connectivity index (χ3n) is 3.78. The highest BCUT2D eigenvalue weighted by molar-refractivity contribution is 6.29. The predicted octanol–water partition coefficient (Wildman–Crippen LogP) is 4.26. The van der Waals surface area contributed by atoms with Gasteiger partial charge in [0.1, 0.15) is 16.7 Å². The molecule has 7 heteroatoms. The highest BCUT2D eigenvalue weighted by atomic mass is 35.5. The van der Waals surface area contributed by atoms with Gasteiger partial charge in [-0.05, 0) is 42.5 Å². The first-order chi connectivity index (χ1) is 12.2. The van der Waals surface area contributed by atoms with E-state index in [2.05, 4.69) is 15.1 Å². The zero-order valence-corrected chi connectivity index (χ0v) is 13.9. The van der Waals surface area contributed by atoms with Gasteiger partial charge in [0.2, 0.25) is 5.88 Å². The maximum Gasteiger partial charge on any atom is 0.213 e. The van der Waals surface area contributed by atoms with E-state index in [4.69, 9.17) is 16.3 Å². The quantitative estimate of drug-likeness (QED) is 0.551. The van der Waals surface area contributed by atoms with Crippen LogP contribution in [0.15, 0.2) is 54.7 Å². The lowest BCUT2D eigenvalue weighted by Crippen LogP contribution is -1.96. The van der Waals surface area contributed by atoms with Crippen molar-refractivity contribution in [3.8, 4) is 28.4 Å². The number of aromatic nitrogens is 4. The van der Waals surface area contributed by atoms with Crippen LogP contribution in [0.5, 0.6) is 5.88 Å². The maximum atomic E-state index is 13.3. The largest absolute Gasteiger partial charge is 0.481 e. The molecule has 0 saturated heterocycles. The first-order valence-corrected chi connectivity index (χ1v) is 7.85. The average molecular weight is 355 g/mol. The number of rotatable bonds is 3. The van der Waals surface area contributed by atoms with Crippen LogP contribution >= 0.6 is 11.6 Å². The Labute approximate surface area is 147 Å². The maximum absolute atomic E-state index is 13.3. The van der Waals surface area contributed by atoms with Crippen LogP contribution in [-0.2, 0) is 0 Å². The molecule has 124 valence electrons. The number of hydrogen-bond donors (Lipinski definition) is 0. The highest BCUT2D eigenvalue weighted by Crippen LogP contribution is 2.33. The van der Waals surface area contributed by atoms with E-state index in [1.165, 1.54) is 12.1 Å². The number of methoxy groups -OCH3 is 1. The molecule has 0 unspecified atom stereocenters. The van der Waals surface area contributed by atoms with E-state index in [1.807, 2.05) is 6.07 Å². The fraction of sp³-hybridized carbons (Fsp3) is 0.0556. The van der Waals surface area contributed by atoms with Gasteiger partial charge in [0, 0.05) is 23.4 Å². The van der Waals surface area contributed by atoms with E-state index in [0.29, 0.717) is 22.4 Å². The Morgan fingerprint density at radius 2 is 1.84 bits per heavy atom. The van der Waals surface area contributed by atoms with E-state index >= 15 is 0 Å². The summed E-state index contributed by atoms with van der Waals surface area (Å²) in [7, 11) is 1.55. The molecule has 3 heterocycles. The topological polar surface area (TPSA) is 52.3 Å². The summed E-state index contributed by atoms with van der Waals surface area (Å²) >= 11 is 6.07. The van der Waals surface area contributed by atoms with Gasteiger partial charge in [-0.25, -0.2) is 18.9 Å². The molecule has 0 N–H and O–H groups in total. The molecule has 0 spiro atoms. The van der Waals surface area contributed by atoms with Crippen molar-refractivity contribution in [3.05, 3.63) is 65.7 Å². The summed E-state index contributed by atoms with van der Waals surface area (Å²) in [5.41, 5.74) is 3.62. The second-order valence-electron chi connectivity index (χ2n) is 5.33. The zero-order chi connectivity index (χ0) is 17.4. The third kappa shape index (κ3) is 2.81. The molecule has 0 saturated carbocycles. The van der Waals surface area contributed by atoms with Gasteiger partial charge < -0.3 is 4.74 Å². The minimum absolute atomic E-state index is 0.305. The standard InChI is InChI=1S/C18H12ClFN4O/c1-25-16-10-12(8-9-21-16)18-17(11-2-4-13(20)5-3-11)22-15-7-6-14(19)23-24(15)18/h2-10H,1H3. The number of fused-ring (bicyclic) bond motifs is 1. The normalized spacial score (nSPS) is 11.0. The van der Waals surface area contributed by atoms with Crippen molar-refractivity contribution >= 4 is 17.2 Å². The minimum Gasteiger partial charge on any atom is -0.481 e. The minimum atomic E-state index is -0.305. The van der Waals surface area contributed by atoms with Crippen LogP contribution in [0.1, 0.15) is 0 Å². The van der Waals surface area contributed by atoms with Crippen molar-refractivity contribution in [2.45, 2.75) is 0 Å². The van der Waals surface area contributed by atoms with Gasteiger partial charge in [0.15, 0.2) is 5.65 Å². The molecule has 5 nitrogen and oxygen atoms in total. The van der Waals surface area contributed by atoms with Crippen molar-refractivity contribution in [1.29, 1.82) is 0 Å². The molecule has 0 radical (unpaired) electrons. The van der Waals surface area contributed by atoms with Crippen molar-refractivity contribution in [2.24, 2.45) is 0 Å². The molecule has 0 aliphatic heterocycles. The lowest BCUT2D eigenvalue weighted by Gasteiger charge is -2.06. The lowest BCUT2D eigenvalue weighted by molar-refractivity contribution is 0.398. The molecule has 4 aromatic rings. The summed E-state index contributed by atoms with van der Waals surface area (Å²) in [6, 6.07) is 13.2. The van der Waals surface area contributed by atoms with Crippen LogP contribution in [0.3, 0.4) is 0 Å². The number of halogens is 2. The number of benzene rings is 1. The number of pyridine rings is 1. The summed E-state index contributed by atoms with van der Waals surface area (Å²) in [5, 5.41) is 4.70. The summed E-state index contributed by atoms with van der Waals surface area (Å²) in [6.07, 6.45) is 1.65. The molecule has 3 aromatic heterocycles. The summed E-state index contributed by atoms with van der Waals surface area (Å²) < 4.78 is 20.2. The first kappa shape index (κ1) is 15.5. The molecule has 0 atom stereocenters. The van der Waals surface area contributed by atoms with E-state index < -0.39 is 0 Å². The molecule has 0 fully saturated rings. The molecular weight excluding hydrogens is 343 g/mol. The molecule has 25 heavy (non-hydrogen) atoms. The van der Waals surface area contributed by atoms with E-state index in [9.17, 15) is 4.39 Å². The Morgan fingerprint density at radius 1 is 1.04 bits per heavy atom. The van der Waals surface area contributed by atoms with Crippen LogP contribution in [0, 0.1) is 5.82 Å². The second-order valence-corrected chi connectivity index (χ2v) is 5.72. The number of ether oxygens (including phenoxy) is 1. The summed E-state index contributed by atoms with van der Waals surface area (Å²) in [5.74, 6) is 0.167. The van der Waals surface area contributed by atoms with Crippen LogP contribution < -0.4 is 4.74 Å². The Balaban J connectivity index is 2.03. The zero-order valence-electron chi connectivity index (χ0n) is 13.1. The fourth-order valence-corrected chi connectivity index (χ4v) is 2.79. The number of hydrogen-bond acceptors (Lipinski definition) is 4. The second kappa shape index (κ2) is 6.14. The van der Waals surface area contributed by atoms with Gasteiger partial charge >= 0.3 is 0 Å². The highest BCUT2D eigenvalue weighted by Gasteiger charge is 2.18. The predicted molar refractivity (Wildman–Crippen MR) is 93.2 cm³/mol. The van der Waals surface area contributed by atoms with Crippen LogP contribution in [-0.4, -0.2) is 26.7 Å². The van der Waals surface area contributed by atoms with Crippen molar-refractivity contribution in [3.63, 3.8) is 0 Å². The van der Waals surface area contributed by atoms with Crippen LogP contribution in [0.4, 0.5) is 4.39 Å². The monoisotopic (exact) mass is 354 g/mol. The van der Waals surface area contributed by atoms with Gasteiger partial charge in [0.25, 0.3) is 0 Å². The smallest absolute Gasteiger partial charge is 0.213 e. The van der Waals surface area contributed by atoms with Crippen molar-refractivity contribution in [1.82, 2.24) is 19.6 Å². The third-order valence-corrected chi connectivity index (χ3v) is 3.98. The fourth-order valence-electron chi connectivity index (χ4n) is 2.65. The van der Waals surface area contributed by atoms with Crippen LogP contribution in [0.25, 0.3) is 28.2 Å². The van der Waals surface area contributed by atoms with E-state index in [1.54, 1.807) is 48.2 Å². The van der Waals surface area contributed by atoms with Crippen molar-refractivity contribution < 1.29 is 9.13 Å². The van der Waals surface area contributed by atoms with Gasteiger partial charge in [-0.3, -0.25) is 0 Å². The molecule has 0 bridgehead atoms. The van der Waals surface area contributed by atoms with Gasteiger partial charge in [-0.1, -0.05) is 11.6 Å². The lowest BCUT2D eigenvalue weighted by atomic mass is 10.1. The number of nitrogens with zero attached hydrogens (tertiary/aromatic N) is 4. The molecule has 0 aliphatic carbocycles. The van der Waals surface area contributed by atoms with Gasteiger partial charge in [-0.15, -0.1) is 0 Å². The molecule has 4 rings (SSSR count). The first-order valence-electron chi connectivity index (χ1n) is 7.47. The Hall–Kier alpha value is -2.99.